The van der Waals surface area contributed by atoms with Gasteiger partial charge in [0.1, 0.15) is 0 Å². The van der Waals surface area contributed by atoms with Gasteiger partial charge in [0, 0.05) is 6.42 Å². The fraction of sp³-hybridized carbons (Fsp3) is 0.972. The van der Waals surface area contributed by atoms with E-state index in [2.05, 4.69) is 13.8 Å². The van der Waals surface area contributed by atoms with Crippen LogP contribution < -0.4 is 0 Å². The number of unbranched alkanes of at least 4 members (excludes halogenated alkanes) is 21. The molecule has 0 aromatic carbocycles. The number of esters is 1. The van der Waals surface area contributed by atoms with Crippen molar-refractivity contribution in [2.45, 2.75) is 207 Å². The number of carbonyl (C=O) groups is 1. The third-order valence-electron chi connectivity index (χ3n) is 8.02. The smallest absolute Gasteiger partial charge is 0.463 e. The van der Waals surface area contributed by atoms with Gasteiger partial charge in [0.05, 0.1) is 25.9 Å². The Morgan fingerprint density at radius 1 is 0.488 bits per heavy atom. The van der Waals surface area contributed by atoms with Gasteiger partial charge < -0.3 is 4.74 Å². The van der Waals surface area contributed by atoms with Crippen molar-refractivity contribution >= 4 is 13.8 Å². The van der Waals surface area contributed by atoms with Gasteiger partial charge in [0.15, 0.2) is 0 Å². The highest BCUT2D eigenvalue weighted by Gasteiger charge is 2.25. The van der Waals surface area contributed by atoms with Crippen molar-refractivity contribution in [2.24, 2.45) is 0 Å². The molecule has 0 heterocycles. The predicted molar refractivity (Wildman–Crippen MR) is 183 cm³/mol. The van der Waals surface area contributed by atoms with Crippen molar-refractivity contribution in [1.29, 1.82) is 0 Å². The van der Waals surface area contributed by atoms with Crippen LogP contribution in [0.15, 0.2) is 0 Å². The van der Waals surface area contributed by atoms with E-state index in [-0.39, 0.29) is 12.1 Å². The molecule has 258 valence electrons. The maximum absolute atomic E-state index is 12.9. The molecule has 0 saturated heterocycles. The highest BCUT2D eigenvalue weighted by Crippen LogP contribution is 2.49. The van der Waals surface area contributed by atoms with Crippen LogP contribution in [0.1, 0.15) is 201 Å². The third kappa shape index (κ3) is 31.4. The van der Waals surface area contributed by atoms with Crippen LogP contribution in [0.2, 0.25) is 0 Å². The number of carbonyl (C=O) groups excluding carboxylic acids is 1. The van der Waals surface area contributed by atoms with Crippen molar-refractivity contribution < 1.29 is 27.7 Å². The molecule has 0 amide bonds. The summed E-state index contributed by atoms with van der Waals surface area (Å²) in [5.74, 6) is -0.0117. The van der Waals surface area contributed by atoms with Crippen molar-refractivity contribution in [2.75, 3.05) is 19.8 Å². The minimum atomic E-state index is -3.42. The van der Waals surface area contributed by atoms with Gasteiger partial charge in [-0.15, -0.1) is 0 Å². The molecule has 0 aromatic heterocycles. The van der Waals surface area contributed by atoms with E-state index in [1.54, 1.807) is 0 Å². The molecule has 0 N–H and O–H groups in total. The summed E-state index contributed by atoms with van der Waals surface area (Å²) in [7, 11) is -3.42. The van der Waals surface area contributed by atoms with Crippen molar-refractivity contribution in [1.82, 2.24) is 0 Å². The fourth-order valence-corrected chi connectivity index (χ4v) is 6.58. The molecule has 2 atom stereocenters. The molecule has 0 aromatic rings. The van der Waals surface area contributed by atoms with Gasteiger partial charge >= 0.3 is 13.8 Å². The van der Waals surface area contributed by atoms with Crippen LogP contribution in [-0.2, 0) is 27.7 Å². The molecular weight excluding hydrogens is 559 g/mol. The number of hydrogen-bond acceptors (Lipinski definition) is 6. The van der Waals surface area contributed by atoms with Crippen molar-refractivity contribution in [3.63, 3.8) is 0 Å². The average Bonchev–Trinajstić information content (AvgIpc) is 2.99. The molecule has 0 bridgehead atoms. The van der Waals surface area contributed by atoms with Gasteiger partial charge in [0.25, 0.3) is 0 Å². The zero-order valence-electron chi connectivity index (χ0n) is 29.2. The maximum atomic E-state index is 12.9. The zero-order chi connectivity index (χ0) is 31.7. The molecule has 0 fully saturated rings. The lowest BCUT2D eigenvalue weighted by molar-refractivity contribution is -0.148. The topological polar surface area (TPSA) is 71.1 Å². The summed E-state index contributed by atoms with van der Waals surface area (Å²) >= 11 is 0. The van der Waals surface area contributed by atoms with Crippen LogP contribution >= 0.6 is 7.82 Å². The van der Waals surface area contributed by atoms with E-state index in [1.165, 1.54) is 116 Å². The van der Waals surface area contributed by atoms with Crippen LogP contribution in [0.25, 0.3) is 0 Å². The quantitative estimate of drug-likeness (QED) is 0.0393. The normalized spacial score (nSPS) is 13.7. The van der Waals surface area contributed by atoms with Gasteiger partial charge in [-0.1, -0.05) is 149 Å². The molecule has 6 nitrogen and oxygen atoms in total. The summed E-state index contributed by atoms with van der Waals surface area (Å²) in [6.45, 7) is 9.78. The Balaban J connectivity index is 3.56. The lowest BCUT2D eigenvalue weighted by atomic mass is 10.0. The molecule has 7 heteroatoms. The minimum absolute atomic E-state index is 0.0117. The van der Waals surface area contributed by atoms with E-state index >= 15 is 0 Å². The Kier molecular flexibility index (Phi) is 32.6. The molecular formula is C36H73O6P. The van der Waals surface area contributed by atoms with E-state index in [4.69, 9.17) is 18.3 Å². The summed E-state index contributed by atoms with van der Waals surface area (Å²) in [4.78, 5) is 12.0. The first-order chi connectivity index (χ1) is 21.0. The minimum Gasteiger partial charge on any atom is -0.463 e. The van der Waals surface area contributed by atoms with Crippen LogP contribution in [0.3, 0.4) is 0 Å². The molecule has 0 aliphatic rings. The van der Waals surface area contributed by atoms with Crippen molar-refractivity contribution in [3.8, 4) is 0 Å². The second-order valence-electron chi connectivity index (χ2n) is 12.6. The third-order valence-corrected chi connectivity index (χ3v) is 9.52. The summed E-state index contributed by atoms with van der Waals surface area (Å²) in [5, 5.41) is 0. The number of rotatable bonds is 35. The van der Waals surface area contributed by atoms with Gasteiger partial charge in [-0.3, -0.25) is 18.4 Å². The predicted octanol–water partition coefficient (Wildman–Crippen LogP) is 12.7. The SMILES string of the molecule is CCCCCCCCOP(=O)(OCCC)OCCCCCCCCCCCCCCCC(=O)OC(C)CCCCCCC. The first kappa shape index (κ1) is 42.6. The first-order valence-corrected chi connectivity index (χ1v) is 20.2. The second kappa shape index (κ2) is 33.0. The van der Waals surface area contributed by atoms with Crippen LogP contribution in [0, 0.1) is 0 Å². The van der Waals surface area contributed by atoms with E-state index in [0.29, 0.717) is 26.2 Å². The fourth-order valence-electron chi connectivity index (χ4n) is 5.24. The molecule has 0 aliphatic heterocycles. The Morgan fingerprint density at radius 3 is 1.30 bits per heavy atom. The number of phosphoric acid groups is 1. The average molecular weight is 633 g/mol. The Labute approximate surface area is 268 Å². The number of phosphoric ester groups is 1. The van der Waals surface area contributed by atoms with Crippen LogP contribution in [0.5, 0.6) is 0 Å². The number of ether oxygens (including phenoxy) is 1. The van der Waals surface area contributed by atoms with Crippen LogP contribution in [0.4, 0.5) is 0 Å². The number of hydrogen-bond donors (Lipinski definition) is 0. The Bertz CT molecular complexity index is 629. The van der Waals surface area contributed by atoms with Gasteiger partial charge in [0.2, 0.25) is 0 Å². The zero-order valence-corrected chi connectivity index (χ0v) is 30.1. The van der Waals surface area contributed by atoms with E-state index in [9.17, 15) is 9.36 Å². The summed E-state index contributed by atoms with van der Waals surface area (Å²) in [6, 6.07) is 0. The summed E-state index contributed by atoms with van der Waals surface area (Å²) in [6.07, 6.45) is 31.3. The summed E-state index contributed by atoms with van der Waals surface area (Å²) < 4.78 is 35.1. The molecule has 43 heavy (non-hydrogen) atoms. The highest BCUT2D eigenvalue weighted by molar-refractivity contribution is 7.48. The van der Waals surface area contributed by atoms with Gasteiger partial charge in [-0.2, -0.15) is 0 Å². The monoisotopic (exact) mass is 633 g/mol. The molecule has 2 unspecified atom stereocenters. The lowest BCUT2D eigenvalue weighted by Crippen LogP contribution is -2.14. The van der Waals surface area contributed by atoms with Crippen LogP contribution in [-0.4, -0.2) is 31.9 Å². The molecule has 0 radical (unpaired) electrons. The Morgan fingerprint density at radius 2 is 0.860 bits per heavy atom. The van der Waals surface area contributed by atoms with Gasteiger partial charge in [-0.05, 0) is 45.4 Å². The summed E-state index contributed by atoms with van der Waals surface area (Å²) in [5.41, 5.74) is 0. The van der Waals surface area contributed by atoms with E-state index in [1.807, 2.05) is 13.8 Å². The second-order valence-corrected chi connectivity index (χ2v) is 14.2. The van der Waals surface area contributed by atoms with Crippen molar-refractivity contribution in [3.05, 3.63) is 0 Å². The van der Waals surface area contributed by atoms with Gasteiger partial charge in [-0.25, -0.2) is 4.57 Å². The van der Waals surface area contributed by atoms with E-state index < -0.39 is 7.82 Å². The lowest BCUT2D eigenvalue weighted by Gasteiger charge is -2.17. The van der Waals surface area contributed by atoms with E-state index in [0.717, 1.165) is 51.4 Å². The molecule has 0 rings (SSSR count). The molecule has 0 saturated carbocycles. The first-order valence-electron chi connectivity index (χ1n) is 18.7. The molecule has 0 aliphatic carbocycles. The Hall–Kier alpha value is -0.420. The standard InChI is InChI=1S/C36H73O6P/c1-5-8-10-12-24-28-33-40-43(38,39-32-7-3)41-34-29-25-21-19-17-15-13-14-16-18-20-23-27-31-36(37)42-35(4)30-26-22-11-9-6-2/h35H,5-34H2,1-4H3. The largest absolute Gasteiger partial charge is 0.474 e. The maximum Gasteiger partial charge on any atom is 0.474 e. The molecule has 0 spiro atoms. The highest BCUT2D eigenvalue weighted by atomic mass is 31.2.